The quantitative estimate of drug-likeness (QED) is 0.763. The second kappa shape index (κ2) is 7.27. The van der Waals surface area contributed by atoms with Crippen molar-refractivity contribution in [1.82, 2.24) is 4.90 Å². The van der Waals surface area contributed by atoms with Crippen LogP contribution in [0.4, 0.5) is 0 Å². The Morgan fingerprint density at radius 2 is 2.18 bits per heavy atom. The first-order chi connectivity index (χ1) is 10.3. The monoisotopic (exact) mass is 307 g/mol. The highest BCUT2D eigenvalue weighted by molar-refractivity contribution is 5.80. The fourth-order valence-corrected chi connectivity index (χ4v) is 4.23. The number of nitrogens with zero attached hydrogens (tertiary/aromatic N) is 1. The van der Waals surface area contributed by atoms with Gasteiger partial charge in [-0.15, -0.1) is 0 Å². The summed E-state index contributed by atoms with van der Waals surface area (Å²) >= 11 is 0. The third kappa shape index (κ3) is 4.20. The lowest BCUT2D eigenvalue weighted by molar-refractivity contribution is -0.122. The molecule has 0 bridgehead atoms. The second-order valence-corrected chi connectivity index (χ2v) is 7.76. The fourth-order valence-electron chi connectivity index (χ4n) is 4.23. The van der Waals surface area contributed by atoms with Gasteiger partial charge in [0.25, 0.3) is 0 Å². The van der Waals surface area contributed by atoms with E-state index >= 15 is 0 Å². The smallest absolute Gasteiger partial charge is 0.135 e. The van der Waals surface area contributed by atoms with Gasteiger partial charge in [-0.1, -0.05) is 32.4 Å². The summed E-state index contributed by atoms with van der Waals surface area (Å²) in [6.07, 6.45) is 8.18. The number of fused-ring (bicyclic) bond motifs is 1. The van der Waals surface area contributed by atoms with Gasteiger partial charge in [0.2, 0.25) is 0 Å². The summed E-state index contributed by atoms with van der Waals surface area (Å²) in [6.45, 7) is 10.4. The van der Waals surface area contributed by atoms with Crippen molar-refractivity contribution in [3.05, 3.63) is 11.6 Å². The van der Waals surface area contributed by atoms with Gasteiger partial charge in [-0.3, -0.25) is 9.69 Å². The van der Waals surface area contributed by atoms with Crippen molar-refractivity contribution in [2.24, 2.45) is 11.8 Å². The van der Waals surface area contributed by atoms with Crippen molar-refractivity contribution in [3.8, 4) is 0 Å². The first-order valence-electron chi connectivity index (χ1n) is 9.02. The molecule has 1 unspecified atom stereocenters. The van der Waals surface area contributed by atoms with Crippen LogP contribution in [0.1, 0.15) is 66.2 Å². The molecule has 3 heteroatoms. The molecule has 3 nitrogen and oxygen atoms in total. The van der Waals surface area contributed by atoms with E-state index < -0.39 is 5.60 Å². The summed E-state index contributed by atoms with van der Waals surface area (Å²) in [5.74, 6) is 1.04. The zero-order chi connectivity index (χ0) is 16.3. The van der Waals surface area contributed by atoms with Crippen LogP contribution in [0, 0.1) is 11.8 Å². The maximum absolute atomic E-state index is 11.7. The van der Waals surface area contributed by atoms with E-state index in [0.29, 0.717) is 24.2 Å². The molecule has 0 radical (unpaired) electrons. The number of rotatable bonds is 6. The molecular weight excluding hydrogens is 274 g/mol. The SMILES string of the molecule is CCC(=O)C(C)CC[C@H](C)/C=C1\CN2CCC[C@H]2[C@@](C)(O)C1. The zero-order valence-electron chi connectivity index (χ0n) is 14.8. The second-order valence-electron chi connectivity index (χ2n) is 7.76. The number of ketones is 1. The standard InChI is InChI=1S/C19H33NO2/c1-5-17(21)15(3)9-8-14(2)11-16-12-19(4,22)18-7-6-10-20(18)13-16/h11,14-15,18,22H,5-10,12-13H2,1-4H3/b16-11-/t14-,15?,18-,19-/m0/s1. The number of allylic oxidation sites excluding steroid dienone is 1. The Morgan fingerprint density at radius 1 is 1.45 bits per heavy atom. The molecule has 0 saturated carbocycles. The number of carbonyl (C=O) groups is 1. The molecule has 0 aromatic rings. The molecule has 22 heavy (non-hydrogen) atoms. The Kier molecular flexibility index (Phi) is 5.84. The minimum absolute atomic E-state index is 0.184. The highest BCUT2D eigenvalue weighted by atomic mass is 16.3. The molecule has 2 rings (SSSR count). The van der Waals surface area contributed by atoms with Gasteiger partial charge in [-0.2, -0.15) is 0 Å². The maximum atomic E-state index is 11.7. The number of Topliss-reactive ketones (excluding diaryl/α,β-unsaturated/α-hetero) is 1. The van der Waals surface area contributed by atoms with Crippen molar-refractivity contribution in [2.45, 2.75) is 77.9 Å². The van der Waals surface area contributed by atoms with Gasteiger partial charge in [0.05, 0.1) is 5.60 Å². The molecular formula is C19H33NO2. The fraction of sp³-hybridized carbons (Fsp3) is 0.842. The lowest BCUT2D eigenvalue weighted by atomic mass is 9.82. The number of aliphatic hydroxyl groups is 1. The third-order valence-corrected chi connectivity index (χ3v) is 5.55. The van der Waals surface area contributed by atoms with Crippen LogP contribution >= 0.6 is 0 Å². The van der Waals surface area contributed by atoms with Gasteiger partial charge in [-0.25, -0.2) is 0 Å². The summed E-state index contributed by atoms with van der Waals surface area (Å²) in [4.78, 5) is 14.1. The third-order valence-electron chi connectivity index (χ3n) is 5.55. The van der Waals surface area contributed by atoms with Crippen LogP contribution in [0.15, 0.2) is 11.6 Å². The largest absolute Gasteiger partial charge is 0.388 e. The van der Waals surface area contributed by atoms with Crippen LogP contribution in [0.2, 0.25) is 0 Å². The minimum Gasteiger partial charge on any atom is -0.388 e. The lowest BCUT2D eigenvalue weighted by Gasteiger charge is -2.43. The van der Waals surface area contributed by atoms with Crippen molar-refractivity contribution < 1.29 is 9.90 Å². The predicted molar refractivity (Wildman–Crippen MR) is 90.8 cm³/mol. The van der Waals surface area contributed by atoms with E-state index in [9.17, 15) is 9.90 Å². The number of piperidine rings is 1. The van der Waals surface area contributed by atoms with E-state index in [2.05, 4.69) is 17.9 Å². The summed E-state index contributed by atoms with van der Waals surface area (Å²) in [5, 5.41) is 10.7. The van der Waals surface area contributed by atoms with Crippen LogP contribution in [-0.2, 0) is 4.79 Å². The van der Waals surface area contributed by atoms with Gasteiger partial charge < -0.3 is 5.11 Å². The Hall–Kier alpha value is -0.670. The van der Waals surface area contributed by atoms with Crippen molar-refractivity contribution in [1.29, 1.82) is 0 Å². The molecule has 2 aliphatic rings. The molecule has 4 atom stereocenters. The predicted octanol–water partition coefficient (Wildman–Crippen LogP) is 3.56. The molecule has 2 fully saturated rings. The Bertz CT molecular complexity index is 427. The average Bonchev–Trinajstić information content (AvgIpc) is 2.92. The van der Waals surface area contributed by atoms with Gasteiger partial charge in [0, 0.05) is 24.9 Å². The maximum Gasteiger partial charge on any atom is 0.135 e. The normalized spacial score (nSPS) is 33.7. The van der Waals surface area contributed by atoms with E-state index in [1.807, 2.05) is 20.8 Å². The highest BCUT2D eigenvalue weighted by Crippen LogP contribution is 2.37. The Labute approximate surface area is 135 Å². The first kappa shape index (κ1) is 17.7. The van der Waals surface area contributed by atoms with Gasteiger partial charge in [0.15, 0.2) is 0 Å². The van der Waals surface area contributed by atoms with E-state index in [0.717, 1.165) is 38.8 Å². The Morgan fingerprint density at radius 3 is 2.86 bits per heavy atom. The van der Waals surface area contributed by atoms with Crippen molar-refractivity contribution in [2.75, 3.05) is 13.1 Å². The molecule has 0 amide bonds. The first-order valence-corrected chi connectivity index (χ1v) is 9.02. The molecule has 1 N–H and O–H groups in total. The molecule has 2 saturated heterocycles. The van der Waals surface area contributed by atoms with E-state index in [4.69, 9.17) is 0 Å². The zero-order valence-corrected chi connectivity index (χ0v) is 14.8. The molecule has 2 aliphatic heterocycles. The molecule has 0 aliphatic carbocycles. The Balaban J connectivity index is 1.90. The number of hydrogen-bond acceptors (Lipinski definition) is 3. The van der Waals surface area contributed by atoms with E-state index in [1.165, 1.54) is 12.0 Å². The van der Waals surface area contributed by atoms with Crippen LogP contribution in [0.25, 0.3) is 0 Å². The van der Waals surface area contributed by atoms with E-state index in [1.54, 1.807) is 0 Å². The summed E-state index contributed by atoms with van der Waals surface area (Å²) in [6, 6.07) is 0.349. The van der Waals surface area contributed by atoms with Gasteiger partial charge in [0.1, 0.15) is 5.78 Å². The summed E-state index contributed by atoms with van der Waals surface area (Å²) < 4.78 is 0. The van der Waals surface area contributed by atoms with Crippen LogP contribution < -0.4 is 0 Å². The molecule has 0 aromatic carbocycles. The molecule has 2 heterocycles. The number of carbonyl (C=O) groups excluding carboxylic acids is 1. The lowest BCUT2D eigenvalue weighted by Crippen LogP contribution is -2.52. The highest BCUT2D eigenvalue weighted by Gasteiger charge is 2.43. The van der Waals surface area contributed by atoms with Crippen LogP contribution in [0.5, 0.6) is 0 Å². The minimum atomic E-state index is -0.578. The van der Waals surface area contributed by atoms with Gasteiger partial charge in [-0.05, 0) is 51.5 Å². The summed E-state index contributed by atoms with van der Waals surface area (Å²) in [7, 11) is 0. The van der Waals surface area contributed by atoms with Crippen LogP contribution in [-0.4, -0.2) is 40.5 Å². The topological polar surface area (TPSA) is 40.5 Å². The molecule has 126 valence electrons. The van der Waals surface area contributed by atoms with E-state index in [-0.39, 0.29) is 5.92 Å². The van der Waals surface area contributed by atoms with Crippen molar-refractivity contribution in [3.63, 3.8) is 0 Å². The average molecular weight is 307 g/mol. The van der Waals surface area contributed by atoms with Crippen LogP contribution in [0.3, 0.4) is 0 Å². The summed E-state index contributed by atoms with van der Waals surface area (Å²) in [5.41, 5.74) is 0.802. The number of hydrogen-bond donors (Lipinski definition) is 1. The molecule has 0 aromatic heterocycles. The molecule has 0 spiro atoms. The van der Waals surface area contributed by atoms with Crippen molar-refractivity contribution >= 4 is 5.78 Å². The van der Waals surface area contributed by atoms with Gasteiger partial charge >= 0.3 is 0 Å².